The molecule has 11 heavy (non-hydrogen) atoms. The zero-order valence-electron chi connectivity index (χ0n) is 7.38. The van der Waals surface area contributed by atoms with Crippen LogP contribution in [0.25, 0.3) is 0 Å². The molecule has 0 aliphatic heterocycles. The monoisotopic (exact) mass is 148 g/mol. The first kappa shape index (κ1) is 8.32. The van der Waals surface area contributed by atoms with Crippen LogP contribution in [0.1, 0.15) is 20.3 Å². The molecule has 0 bridgehead atoms. The van der Waals surface area contributed by atoms with Crippen LogP contribution in [0, 0.1) is 11.3 Å². The van der Waals surface area contributed by atoms with Gasteiger partial charge in [-0.25, -0.2) is 0 Å². The van der Waals surface area contributed by atoms with Crippen molar-refractivity contribution >= 4 is 0 Å². The average Bonchev–Trinajstić information content (AvgIpc) is 2.52. The molecule has 0 nitrogen and oxygen atoms in total. The highest BCUT2D eigenvalue weighted by Crippen LogP contribution is 2.52. The Morgan fingerprint density at radius 1 is 1.27 bits per heavy atom. The SMILES string of the molecule is C=CC=CC=CC1CC1(C)C. The topological polar surface area (TPSA) is 0 Å². The van der Waals surface area contributed by atoms with Gasteiger partial charge in [-0.15, -0.1) is 0 Å². The summed E-state index contributed by atoms with van der Waals surface area (Å²) in [4.78, 5) is 0. The number of hydrogen-bond donors (Lipinski definition) is 0. The van der Waals surface area contributed by atoms with E-state index >= 15 is 0 Å². The molecule has 0 aromatic rings. The van der Waals surface area contributed by atoms with Crippen molar-refractivity contribution in [1.82, 2.24) is 0 Å². The summed E-state index contributed by atoms with van der Waals surface area (Å²) >= 11 is 0. The van der Waals surface area contributed by atoms with E-state index in [4.69, 9.17) is 0 Å². The number of rotatable bonds is 3. The molecule has 0 heterocycles. The van der Waals surface area contributed by atoms with E-state index in [1.54, 1.807) is 6.08 Å². The van der Waals surface area contributed by atoms with Crippen molar-refractivity contribution < 1.29 is 0 Å². The number of hydrogen-bond acceptors (Lipinski definition) is 0. The minimum Gasteiger partial charge on any atom is -0.0991 e. The lowest BCUT2D eigenvalue weighted by Gasteiger charge is -1.94. The van der Waals surface area contributed by atoms with E-state index in [1.807, 2.05) is 12.2 Å². The smallest absolute Gasteiger partial charge is 0.0173 e. The quantitative estimate of drug-likeness (QED) is 0.538. The van der Waals surface area contributed by atoms with Crippen LogP contribution in [-0.4, -0.2) is 0 Å². The van der Waals surface area contributed by atoms with Crippen LogP contribution in [0.4, 0.5) is 0 Å². The van der Waals surface area contributed by atoms with Crippen LogP contribution >= 0.6 is 0 Å². The molecule has 0 aromatic heterocycles. The number of allylic oxidation sites excluding steroid dienone is 5. The van der Waals surface area contributed by atoms with E-state index in [2.05, 4.69) is 32.6 Å². The van der Waals surface area contributed by atoms with Gasteiger partial charge in [0.1, 0.15) is 0 Å². The summed E-state index contributed by atoms with van der Waals surface area (Å²) in [5.74, 6) is 0.803. The second kappa shape index (κ2) is 3.08. The Morgan fingerprint density at radius 3 is 2.36 bits per heavy atom. The fraction of sp³-hybridized carbons (Fsp3) is 0.455. The van der Waals surface area contributed by atoms with Crippen molar-refractivity contribution in [3.05, 3.63) is 37.0 Å². The molecule has 1 aliphatic carbocycles. The second-order valence-corrected chi connectivity index (χ2v) is 3.80. The van der Waals surface area contributed by atoms with Crippen LogP contribution in [0.3, 0.4) is 0 Å². The Bertz CT molecular complexity index is 194. The van der Waals surface area contributed by atoms with E-state index in [-0.39, 0.29) is 0 Å². The average molecular weight is 148 g/mol. The highest BCUT2D eigenvalue weighted by atomic mass is 14.5. The fourth-order valence-electron chi connectivity index (χ4n) is 1.18. The fourth-order valence-corrected chi connectivity index (χ4v) is 1.18. The minimum absolute atomic E-state index is 0.568. The first-order valence-corrected chi connectivity index (χ1v) is 4.13. The van der Waals surface area contributed by atoms with Crippen molar-refractivity contribution in [2.45, 2.75) is 20.3 Å². The van der Waals surface area contributed by atoms with Gasteiger partial charge >= 0.3 is 0 Å². The van der Waals surface area contributed by atoms with Crippen molar-refractivity contribution in [2.75, 3.05) is 0 Å². The molecule has 1 atom stereocenters. The summed E-state index contributed by atoms with van der Waals surface area (Å²) in [7, 11) is 0. The third-order valence-electron chi connectivity index (χ3n) is 2.29. The summed E-state index contributed by atoms with van der Waals surface area (Å²) in [6.45, 7) is 8.21. The van der Waals surface area contributed by atoms with Crippen LogP contribution in [0.5, 0.6) is 0 Å². The molecule has 0 amide bonds. The standard InChI is InChI=1S/C11H16/c1-4-5-6-7-8-10-9-11(10,2)3/h4-8,10H,1,9H2,2-3H3. The molecular formula is C11H16. The molecular weight excluding hydrogens is 132 g/mol. The highest BCUT2D eigenvalue weighted by molar-refractivity contribution is 5.15. The normalized spacial score (nSPS) is 28.0. The maximum atomic E-state index is 3.60. The van der Waals surface area contributed by atoms with Crippen molar-refractivity contribution in [3.8, 4) is 0 Å². The van der Waals surface area contributed by atoms with Crippen molar-refractivity contribution in [1.29, 1.82) is 0 Å². The maximum absolute atomic E-state index is 3.60. The molecule has 1 aliphatic rings. The molecule has 0 saturated heterocycles. The maximum Gasteiger partial charge on any atom is -0.0173 e. The Labute approximate surface area is 69.3 Å². The lowest BCUT2D eigenvalue weighted by atomic mass is 10.1. The molecule has 0 spiro atoms. The van der Waals surface area contributed by atoms with Gasteiger partial charge in [0.05, 0.1) is 0 Å². The van der Waals surface area contributed by atoms with Crippen LogP contribution in [0.15, 0.2) is 37.0 Å². The molecule has 1 saturated carbocycles. The van der Waals surface area contributed by atoms with E-state index < -0.39 is 0 Å². The molecule has 1 fully saturated rings. The van der Waals surface area contributed by atoms with Gasteiger partial charge in [-0.2, -0.15) is 0 Å². The first-order chi connectivity index (χ1) is 5.17. The summed E-state index contributed by atoms with van der Waals surface area (Å²) < 4.78 is 0. The van der Waals surface area contributed by atoms with Gasteiger partial charge in [-0.3, -0.25) is 0 Å². The Hall–Kier alpha value is -0.780. The van der Waals surface area contributed by atoms with Gasteiger partial charge in [-0.1, -0.05) is 50.8 Å². The van der Waals surface area contributed by atoms with Gasteiger partial charge in [-0.05, 0) is 17.8 Å². The lowest BCUT2D eigenvalue weighted by molar-refractivity contribution is 0.610. The largest absolute Gasteiger partial charge is 0.0991 e. The van der Waals surface area contributed by atoms with Crippen LogP contribution in [0.2, 0.25) is 0 Å². The summed E-state index contributed by atoms with van der Waals surface area (Å²) in [6, 6.07) is 0. The van der Waals surface area contributed by atoms with Gasteiger partial charge in [0.2, 0.25) is 0 Å². The van der Waals surface area contributed by atoms with Crippen LogP contribution in [-0.2, 0) is 0 Å². The Balaban J connectivity index is 2.28. The molecule has 0 heteroatoms. The lowest BCUT2D eigenvalue weighted by Crippen LogP contribution is -1.84. The second-order valence-electron chi connectivity index (χ2n) is 3.80. The molecule has 0 aromatic carbocycles. The third-order valence-corrected chi connectivity index (χ3v) is 2.29. The predicted octanol–water partition coefficient (Wildman–Crippen LogP) is 3.33. The Morgan fingerprint density at radius 2 is 1.91 bits per heavy atom. The summed E-state index contributed by atoms with van der Waals surface area (Å²) in [5.41, 5.74) is 0.568. The van der Waals surface area contributed by atoms with Gasteiger partial charge < -0.3 is 0 Å². The van der Waals surface area contributed by atoms with Crippen molar-refractivity contribution in [3.63, 3.8) is 0 Å². The van der Waals surface area contributed by atoms with Gasteiger partial charge in [0.15, 0.2) is 0 Å². The minimum atomic E-state index is 0.568. The summed E-state index contributed by atoms with van der Waals surface area (Å²) in [6.07, 6.45) is 11.5. The molecule has 60 valence electrons. The van der Waals surface area contributed by atoms with Crippen molar-refractivity contribution in [2.24, 2.45) is 11.3 Å². The first-order valence-electron chi connectivity index (χ1n) is 4.13. The van der Waals surface area contributed by atoms with Gasteiger partial charge in [0.25, 0.3) is 0 Å². The summed E-state index contributed by atoms with van der Waals surface area (Å²) in [5, 5.41) is 0. The van der Waals surface area contributed by atoms with E-state index in [0.29, 0.717) is 5.41 Å². The molecule has 1 unspecified atom stereocenters. The van der Waals surface area contributed by atoms with Crippen LogP contribution < -0.4 is 0 Å². The van der Waals surface area contributed by atoms with Gasteiger partial charge in [0, 0.05) is 0 Å². The molecule has 0 radical (unpaired) electrons. The molecule has 1 rings (SSSR count). The Kier molecular flexibility index (Phi) is 2.33. The zero-order valence-corrected chi connectivity index (χ0v) is 7.38. The third kappa shape index (κ3) is 2.38. The molecule has 0 N–H and O–H groups in total. The predicted molar refractivity (Wildman–Crippen MR) is 50.4 cm³/mol. The van der Waals surface area contributed by atoms with E-state index in [1.165, 1.54) is 6.42 Å². The van der Waals surface area contributed by atoms with E-state index in [0.717, 1.165) is 5.92 Å². The highest BCUT2D eigenvalue weighted by Gasteiger charge is 2.43. The van der Waals surface area contributed by atoms with E-state index in [9.17, 15) is 0 Å². The zero-order chi connectivity index (χ0) is 8.32.